The molecule has 0 aliphatic heterocycles. The molecule has 0 aliphatic rings. The van der Waals surface area contributed by atoms with Gasteiger partial charge in [-0.15, -0.1) is 0 Å². The van der Waals surface area contributed by atoms with E-state index in [1.807, 2.05) is 23.1 Å². The van der Waals surface area contributed by atoms with E-state index in [1.54, 1.807) is 12.4 Å². The Labute approximate surface area is 108 Å². The van der Waals surface area contributed by atoms with Crippen LogP contribution >= 0.6 is 0 Å². The molecule has 2 aromatic heterocycles. The molecule has 94 valence electrons. The van der Waals surface area contributed by atoms with Crippen molar-refractivity contribution in [2.45, 2.75) is 13.0 Å². The predicted molar refractivity (Wildman–Crippen MR) is 72.9 cm³/mol. The van der Waals surface area contributed by atoms with E-state index in [1.165, 1.54) is 5.56 Å². The van der Waals surface area contributed by atoms with Gasteiger partial charge < -0.3 is 4.90 Å². The Morgan fingerprint density at radius 1 is 1.28 bits per heavy atom. The van der Waals surface area contributed by atoms with E-state index in [2.05, 4.69) is 40.7 Å². The van der Waals surface area contributed by atoms with Gasteiger partial charge in [0, 0.05) is 37.9 Å². The van der Waals surface area contributed by atoms with Gasteiger partial charge in [-0.05, 0) is 37.2 Å². The standard InChI is InChI=1S/C14H18N4/c1-3-18-14(6-10-16-18)12-17(2)11-7-13-4-8-15-9-5-13/h3-6,8-10H,1,7,11-12H2,2H3. The molecular formula is C14H18N4. The summed E-state index contributed by atoms with van der Waals surface area (Å²) in [5, 5.41) is 4.17. The molecule has 2 rings (SSSR count). The number of aromatic nitrogens is 3. The molecule has 0 radical (unpaired) electrons. The molecule has 18 heavy (non-hydrogen) atoms. The van der Waals surface area contributed by atoms with E-state index < -0.39 is 0 Å². The van der Waals surface area contributed by atoms with Gasteiger partial charge in [-0.2, -0.15) is 5.10 Å². The first-order chi connectivity index (χ1) is 8.79. The van der Waals surface area contributed by atoms with Crippen LogP contribution in [0.25, 0.3) is 6.20 Å². The molecule has 2 aromatic rings. The van der Waals surface area contributed by atoms with Crippen molar-refractivity contribution in [1.82, 2.24) is 19.7 Å². The van der Waals surface area contributed by atoms with Crippen molar-refractivity contribution in [2.75, 3.05) is 13.6 Å². The summed E-state index contributed by atoms with van der Waals surface area (Å²) in [5.74, 6) is 0. The number of nitrogens with zero attached hydrogens (tertiary/aromatic N) is 4. The first kappa shape index (κ1) is 12.5. The van der Waals surface area contributed by atoms with Crippen LogP contribution in [0.3, 0.4) is 0 Å². The van der Waals surface area contributed by atoms with E-state index in [0.29, 0.717) is 0 Å². The maximum Gasteiger partial charge on any atom is 0.0575 e. The molecule has 0 bridgehead atoms. The minimum Gasteiger partial charge on any atom is -0.300 e. The predicted octanol–water partition coefficient (Wildman–Crippen LogP) is 2.05. The summed E-state index contributed by atoms with van der Waals surface area (Å²) in [6.07, 6.45) is 8.23. The van der Waals surface area contributed by atoms with Crippen LogP contribution in [0.4, 0.5) is 0 Å². The Morgan fingerprint density at radius 3 is 2.78 bits per heavy atom. The van der Waals surface area contributed by atoms with Gasteiger partial charge in [0.05, 0.1) is 5.69 Å². The van der Waals surface area contributed by atoms with Crippen molar-refractivity contribution in [3.05, 3.63) is 54.6 Å². The molecule has 0 amide bonds. The molecule has 4 heteroatoms. The number of rotatable bonds is 6. The highest BCUT2D eigenvalue weighted by Crippen LogP contribution is 2.05. The molecule has 0 aromatic carbocycles. The Kier molecular flexibility index (Phi) is 4.25. The topological polar surface area (TPSA) is 34.0 Å². The zero-order valence-corrected chi connectivity index (χ0v) is 10.7. The first-order valence-corrected chi connectivity index (χ1v) is 6.02. The van der Waals surface area contributed by atoms with Crippen LogP contribution in [0.5, 0.6) is 0 Å². The van der Waals surface area contributed by atoms with E-state index in [0.717, 1.165) is 25.2 Å². The van der Waals surface area contributed by atoms with Crippen LogP contribution in [-0.4, -0.2) is 33.3 Å². The van der Waals surface area contributed by atoms with Crippen LogP contribution in [-0.2, 0) is 13.0 Å². The second kappa shape index (κ2) is 6.12. The summed E-state index contributed by atoms with van der Waals surface area (Å²) in [6, 6.07) is 6.13. The highest BCUT2D eigenvalue weighted by Gasteiger charge is 2.04. The van der Waals surface area contributed by atoms with Gasteiger partial charge in [0.25, 0.3) is 0 Å². The van der Waals surface area contributed by atoms with Gasteiger partial charge in [-0.1, -0.05) is 6.58 Å². The summed E-state index contributed by atoms with van der Waals surface area (Å²) in [7, 11) is 2.11. The van der Waals surface area contributed by atoms with E-state index in [-0.39, 0.29) is 0 Å². The minimum atomic E-state index is 0.872. The normalized spacial score (nSPS) is 10.8. The quantitative estimate of drug-likeness (QED) is 0.777. The summed E-state index contributed by atoms with van der Waals surface area (Å²) in [6.45, 7) is 5.62. The monoisotopic (exact) mass is 242 g/mol. The Hall–Kier alpha value is -1.94. The van der Waals surface area contributed by atoms with Crippen molar-refractivity contribution in [3.8, 4) is 0 Å². The lowest BCUT2D eigenvalue weighted by atomic mass is 10.2. The number of likely N-dealkylation sites (N-methyl/N-ethyl adjacent to an activating group) is 1. The average Bonchev–Trinajstić information content (AvgIpc) is 2.85. The second-order valence-corrected chi connectivity index (χ2v) is 4.29. The van der Waals surface area contributed by atoms with Crippen LogP contribution in [0.2, 0.25) is 0 Å². The summed E-state index contributed by atoms with van der Waals surface area (Å²) < 4.78 is 1.81. The van der Waals surface area contributed by atoms with Gasteiger partial charge in [0.15, 0.2) is 0 Å². The van der Waals surface area contributed by atoms with Gasteiger partial charge in [0.1, 0.15) is 0 Å². The van der Waals surface area contributed by atoms with Crippen molar-refractivity contribution in [1.29, 1.82) is 0 Å². The van der Waals surface area contributed by atoms with Crippen LogP contribution in [0.1, 0.15) is 11.3 Å². The molecule has 0 unspecified atom stereocenters. The van der Waals surface area contributed by atoms with Gasteiger partial charge in [0.2, 0.25) is 0 Å². The second-order valence-electron chi connectivity index (χ2n) is 4.29. The lowest BCUT2D eigenvalue weighted by molar-refractivity contribution is 0.324. The maximum atomic E-state index is 4.17. The van der Waals surface area contributed by atoms with E-state index in [4.69, 9.17) is 0 Å². The third kappa shape index (κ3) is 3.28. The smallest absolute Gasteiger partial charge is 0.0575 e. The molecule has 0 atom stereocenters. The number of hydrogen-bond donors (Lipinski definition) is 0. The highest BCUT2D eigenvalue weighted by molar-refractivity contribution is 5.19. The molecule has 0 N–H and O–H groups in total. The Morgan fingerprint density at radius 2 is 2.06 bits per heavy atom. The summed E-state index contributed by atoms with van der Waals surface area (Å²) >= 11 is 0. The van der Waals surface area contributed by atoms with Crippen molar-refractivity contribution < 1.29 is 0 Å². The zero-order chi connectivity index (χ0) is 12.8. The third-order valence-corrected chi connectivity index (χ3v) is 2.89. The first-order valence-electron chi connectivity index (χ1n) is 6.02. The largest absolute Gasteiger partial charge is 0.300 e. The maximum absolute atomic E-state index is 4.17. The zero-order valence-electron chi connectivity index (χ0n) is 10.7. The Balaban J connectivity index is 1.86. The average molecular weight is 242 g/mol. The SMILES string of the molecule is C=Cn1nccc1CN(C)CCc1ccncc1. The van der Waals surface area contributed by atoms with Crippen LogP contribution in [0.15, 0.2) is 43.4 Å². The lowest BCUT2D eigenvalue weighted by Gasteiger charge is -2.16. The van der Waals surface area contributed by atoms with Gasteiger partial charge in [-0.25, -0.2) is 4.68 Å². The lowest BCUT2D eigenvalue weighted by Crippen LogP contribution is -2.22. The minimum absolute atomic E-state index is 0.872. The molecule has 0 spiro atoms. The van der Waals surface area contributed by atoms with Crippen LogP contribution < -0.4 is 0 Å². The van der Waals surface area contributed by atoms with Crippen LogP contribution in [0, 0.1) is 0 Å². The molecule has 4 nitrogen and oxygen atoms in total. The van der Waals surface area contributed by atoms with E-state index >= 15 is 0 Å². The molecule has 0 saturated carbocycles. The molecule has 2 heterocycles. The fourth-order valence-corrected chi connectivity index (χ4v) is 1.86. The number of pyridine rings is 1. The number of hydrogen-bond acceptors (Lipinski definition) is 3. The molecule has 0 aliphatic carbocycles. The van der Waals surface area contributed by atoms with Gasteiger partial charge >= 0.3 is 0 Å². The molecule has 0 saturated heterocycles. The fraction of sp³-hybridized carbons (Fsp3) is 0.286. The third-order valence-electron chi connectivity index (χ3n) is 2.89. The fourth-order valence-electron chi connectivity index (χ4n) is 1.86. The van der Waals surface area contributed by atoms with Crippen molar-refractivity contribution in [2.24, 2.45) is 0 Å². The highest BCUT2D eigenvalue weighted by atomic mass is 15.3. The summed E-state index contributed by atoms with van der Waals surface area (Å²) in [4.78, 5) is 6.29. The van der Waals surface area contributed by atoms with Crippen molar-refractivity contribution >= 4 is 6.20 Å². The van der Waals surface area contributed by atoms with Gasteiger partial charge in [-0.3, -0.25) is 4.98 Å². The van der Waals surface area contributed by atoms with E-state index in [9.17, 15) is 0 Å². The van der Waals surface area contributed by atoms with Crippen molar-refractivity contribution in [3.63, 3.8) is 0 Å². The molecule has 0 fully saturated rings. The summed E-state index contributed by atoms with van der Waals surface area (Å²) in [5.41, 5.74) is 2.47. The molecular weight excluding hydrogens is 224 g/mol. The Bertz CT molecular complexity index is 490.